The summed E-state index contributed by atoms with van der Waals surface area (Å²) in [5, 5.41) is 12.9. The summed E-state index contributed by atoms with van der Waals surface area (Å²) in [6.45, 7) is 7.41. The van der Waals surface area contributed by atoms with E-state index in [0.29, 0.717) is 17.9 Å². The number of thiophene rings is 1. The Balaban J connectivity index is 1.97. The molecular formula is C23H28N2O4S. The molecule has 1 saturated heterocycles. The molecule has 160 valence electrons. The molecule has 1 amide bonds. The predicted molar refractivity (Wildman–Crippen MR) is 119 cm³/mol. The van der Waals surface area contributed by atoms with E-state index in [-0.39, 0.29) is 11.3 Å². The van der Waals surface area contributed by atoms with Crippen LogP contribution in [0.1, 0.15) is 36.8 Å². The molecule has 1 N–H and O–H groups in total. The lowest BCUT2D eigenvalue weighted by Gasteiger charge is -2.25. The van der Waals surface area contributed by atoms with Crippen LogP contribution in [0.2, 0.25) is 0 Å². The minimum absolute atomic E-state index is 0.138. The number of aliphatic hydroxyl groups excluding tert-OH is 1. The number of Topliss-reactive ketones (excluding diaryl/α,β-unsaturated/α-hetero) is 1. The number of ketones is 1. The highest BCUT2D eigenvalue weighted by Gasteiger charge is 2.46. The molecule has 1 aliphatic rings. The summed E-state index contributed by atoms with van der Waals surface area (Å²) in [6.07, 6.45) is 0.760. The fourth-order valence-corrected chi connectivity index (χ4v) is 4.63. The topological polar surface area (TPSA) is 70.1 Å². The molecular weight excluding hydrogens is 400 g/mol. The first-order valence-electron chi connectivity index (χ1n) is 10.2. The molecule has 0 aliphatic carbocycles. The smallest absolute Gasteiger partial charge is 0.295 e. The Hall–Kier alpha value is -2.64. The zero-order chi connectivity index (χ0) is 21.7. The van der Waals surface area contributed by atoms with Crippen LogP contribution >= 0.6 is 11.3 Å². The van der Waals surface area contributed by atoms with Crippen molar-refractivity contribution in [3.05, 3.63) is 57.8 Å². The van der Waals surface area contributed by atoms with Gasteiger partial charge >= 0.3 is 0 Å². The van der Waals surface area contributed by atoms with Crippen LogP contribution in [-0.2, 0) is 9.59 Å². The molecule has 1 aliphatic heterocycles. The van der Waals surface area contributed by atoms with Crippen LogP contribution in [0.4, 0.5) is 0 Å². The third-order valence-electron chi connectivity index (χ3n) is 5.46. The largest absolute Gasteiger partial charge is 0.507 e. The summed E-state index contributed by atoms with van der Waals surface area (Å²) in [5.41, 5.74) is 0.593. The van der Waals surface area contributed by atoms with Gasteiger partial charge in [-0.15, -0.1) is 11.3 Å². The molecule has 0 saturated carbocycles. The first-order valence-corrected chi connectivity index (χ1v) is 11.1. The summed E-state index contributed by atoms with van der Waals surface area (Å²) in [6, 6.07) is 10.1. The van der Waals surface area contributed by atoms with Gasteiger partial charge in [-0.05, 0) is 49.6 Å². The number of ether oxygens (including phenoxy) is 1. The van der Waals surface area contributed by atoms with E-state index in [0.717, 1.165) is 30.9 Å². The van der Waals surface area contributed by atoms with Crippen molar-refractivity contribution in [3.8, 4) is 5.75 Å². The van der Waals surface area contributed by atoms with E-state index in [4.69, 9.17) is 4.74 Å². The normalized spacial score (nSPS) is 18.4. The van der Waals surface area contributed by atoms with Crippen LogP contribution in [0.5, 0.6) is 5.75 Å². The quantitative estimate of drug-likeness (QED) is 0.373. The molecule has 1 aromatic carbocycles. The van der Waals surface area contributed by atoms with Crippen LogP contribution in [0.25, 0.3) is 5.76 Å². The number of nitrogens with zero attached hydrogens (tertiary/aromatic N) is 2. The number of carbonyl (C=O) groups excluding carboxylic acids is 2. The number of aliphatic hydroxyl groups is 1. The first-order chi connectivity index (χ1) is 14.5. The summed E-state index contributed by atoms with van der Waals surface area (Å²) >= 11 is 1.47. The van der Waals surface area contributed by atoms with Crippen molar-refractivity contribution in [2.24, 2.45) is 0 Å². The number of carbonyl (C=O) groups is 2. The predicted octanol–water partition coefficient (Wildman–Crippen LogP) is 3.91. The van der Waals surface area contributed by atoms with Gasteiger partial charge in [-0.1, -0.05) is 32.0 Å². The first kappa shape index (κ1) is 22.1. The van der Waals surface area contributed by atoms with Crippen LogP contribution in [0, 0.1) is 0 Å². The lowest BCUT2D eigenvalue weighted by molar-refractivity contribution is -0.139. The fraction of sp³-hybridized carbons (Fsp3) is 0.391. The highest BCUT2D eigenvalue weighted by atomic mass is 32.1. The van der Waals surface area contributed by atoms with Gasteiger partial charge in [-0.2, -0.15) is 0 Å². The van der Waals surface area contributed by atoms with Crippen molar-refractivity contribution < 1.29 is 19.4 Å². The van der Waals surface area contributed by atoms with Crippen LogP contribution < -0.4 is 4.74 Å². The third-order valence-corrected chi connectivity index (χ3v) is 6.39. The number of hydrogen-bond acceptors (Lipinski definition) is 6. The Morgan fingerprint density at radius 1 is 1.20 bits per heavy atom. The van der Waals surface area contributed by atoms with E-state index >= 15 is 0 Å². The van der Waals surface area contributed by atoms with Crippen molar-refractivity contribution in [1.29, 1.82) is 0 Å². The fourth-order valence-electron chi connectivity index (χ4n) is 3.78. The van der Waals surface area contributed by atoms with Gasteiger partial charge < -0.3 is 19.6 Å². The van der Waals surface area contributed by atoms with Gasteiger partial charge in [0.15, 0.2) is 0 Å². The van der Waals surface area contributed by atoms with Crippen molar-refractivity contribution in [3.63, 3.8) is 0 Å². The van der Waals surface area contributed by atoms with Crippen molar-refractivity contribution in [1.82, 2.24) is 9.80 Å². The molecule has 0 radical (unpaired) electrons. The van der Waals surface area contributed by atoms with Gasteiger partial charge in [-0.3, -0.25) is 9.59 Å². The molecule has 6 nitrogen and oxygen atoms in total. The van der Waals surface area contributed by atoms with Crippen molar-refractivity contribution >= 4 is 28.8 Å². The SMILES string of the molecule is CCN(CC)CCCN1C(=O)C(=O)/C(=C(/O)c2cccc(OC)c2)[C@@H]1c1cccs1. The summed E-state index contributed by atoms with van der Waals surface area (Å²) < 4.78 is 5.23. The number of rotatable bonds is 9. The second-order valence-corrected chi connectivity index (χ2v) is 8.10. The average molecular weight is 429 g/mol. The van der Waals surface area contributed by atoms with Gasteiger partial charge in [0.05, 0.1) is 18.7 Å². The molecule has 1 atom stereocenters. The molecule has 0 bridgehead atoms. The Morgan fingerprint density at radius 3 is 2.60 bits per heavy atom. The number of methoxy groups -OCH3 is 1. The van der Waals surface area contributed by atoms with Crippen molar-refractivity contribution in [2.75, 3.05) is 33.3 Å². The van der Waals surface area contributed by atoms with Gasteiger partial charge in [0, 0.05) is 17.0 Å². The molecule has 2 heterocycles. The Morgan fingerprint density at radius 2 is 1.97 bits per heavy atom. The third kappa shape index (κ3) is 4.42. The van der Waals surface area contributed by atoms with Gasteiger partial charge in [-0.25, -0.2) is 0 Å². The monoisotopic (exact) mass is 428 g/mol. The van der Waals surface area contributed by atoms with Gasteiger partial charge in [0.1, 0.15) is 11.5 Å². The molecule has 7 heteroatoms. The highest BCUT2D eigenvalue weighted by molar-refractivity contribution is 7.10. The van der Waals surface area contributed by atoms with Gasteiger partial charge in [0.25, 0.3) is 11.7 Å². The van der Waals surface area contributed by atoms with E-state index in [2.05, 4.69) is 18.7 Å². The maximum atomic E-state index is 13.0. The van der Waals surface area contributed by atoms with Gasteiger partial charge in [0.2, 0.25) is 0 Å². The minimum atomic E-state index is -0.642. The van der Waals surface area contributed by atoms with Crippen LogP contribution in [0.15, 0.2) is 47.4 Å². The average Bonchev–Trinajstić information content (AvgIpc) is 3.38. The van der Waals surface area contributed by atoms with E-state index in [1.54, 1.807) is 36.3 Å². The summed E-state index contributed by atoms with van der Waals surface area (Å²) in [7, 11) is 1.54. The number of benzene rings is 1. The number of likely N-dealkylation sites (tertiary alicyclic amines) is 1. The standard InChI is InChI=1S/C23H28N2O4S/c1-4-24(5-2)12-8-13-25-20(18-11-7-14-30-18)19(22(27)23(25)28)21(26)16-9-6-10-17(15-16)29-3/h6-7,9-11,14-15,20,26H,4-5,8,12-13H2,1-3H3/b21-19+/t20-/m0/s1. The lowest BCUT2D eigenvalue weighted by Crippen LogP contribution is -2.33. The molecule has 0 spiro atoms. The molecule has 2 aromatic rings. The Labute approximate surface area is 181 Å². The summed E-state index contributed by atoms with van der Waals surface area (Å²) in [5.74, 6) is -0.800. The Kier molecular flexibility index (Phi) is 7.29. The van der Waals surface area contributed by atoms with E-state index in [1.165, 1.54) is 11.3 Å². The minimum Gasteiger partial charge on any atom is -0.507 e. The molecule has 30 heavy (non-hydrogen) atoms. The maximum absolute atomic E-state index is 13.0. The number of hydrogen-bond donors (Lipinski definition) is 1. The highest BCUT2D eigenvalue weighted by Crippen LogP contribution is 2.41. The second-order valence-electron chi connectivity index (χ2n) is 7.12. The maximum Gasteiger partial charge on any atom is 0.295 e. The second kappa shape index (κ2) is 9.91. The van der Waals surface area contributed by atoms with Crippen LogP contribution in [0.3, 0.4) is 0 Å². The number of amides is 1. The molecule has 1 aromatic heterocycles. The van der Waals surface area contributed by atoms with Crippen LogP contribution in [-0.4, -0.2) is 59.9 Å². The van der Waals surface area contributed by atoms with E-state index < -0.39 is 17.7 Å². The zero-order valence-corrected chi connectivity index (χ0v) is 18.4. The van der Waals surface area contributed by atoms with E-state index in [9.17, 15) is 14.7 Å². The Bertz CT molecular complexity index is 919. The lowest BCUT2D eigenvalue weighted by atomic mass is 9.99. The van der Waals surface area contributed by atoms with Crippen molar-refractivity contribution in [2.45, 2.75) is 26.3 Å². The zero-order valence-electron chi connectivity index (χ0n) is 17.6. The van der Waals surface area contributed by atoms with E-state index in [1.807, 2.05) is 17.5 Å². The molecule has 1 fully saturated rings. The molecule has 0 unspecified atom stereocenters. The molecule has 3 rings (SSSR count). The summed E-state index contributed by atoms with van der Waals surface area (Å²) in [4.78, 5) is 30.6.